The number of carbonyl (C=O) groups excluding carboxylic acids is 1. The molecule has 4 rings (SSSR count). The van der Waals surface area contributed by atoms with Gasteiger partial charge in [-0.3, -0.25) is 4.79 Å². The average Bonchev–Trinajstić information content (AvgIpc) is 3.12. The van der Waals surface area contributed by atoms with E-state index in [1.54, 1.807) is 6.07 Å². The minimum Gasteiger partial charge on any atom is -0.465 e. The molecule has 1 aliphatic heterocycles. The van der Waals surface area contributed by atoms with Crippen molar-refractivity contribution in [3.8, 4) is 10.6 Å². The first kappa shape index (κ1) is 16.9. The number of benzene rings is 1. The molecular formula is C17H14FN3O3S2. The zero-order chi connectivity index (χ0) is 18.4. The van der Waals surface area contributed by atoms with Crippen LogP contribution in [0.1, 0.15) is 17.4 Å². The van der Waals surface area contributed by atoms with Gasteiger partial charge in [0.05, 0.1) is 16.8 Å². The maximum atomic E-state index is 13.5. The molecule has 3 heterocycles. The Kier molecular flexibility index (Phi) is 4.12. The second-order valence-electron chi connectivity index (χ2n) is 5.97. The van der Waals surface area contributed by atoms with E-state index in [9.17, 15) is 19.1 Å². The molecule has 2 aromatic heterocycles. The predicted molar refractivity (Wildman–Crippen MR) is 99.3 cm³/mol. The number of aromatic nitrogens is 1. The van der Waals surface area contributed by atoms with Gasteiger partial charge in [-0.2, -0.15) is 0 Å². The quantitative estimate of drug-likeness (QED) is 0.687. The Morgan fingerprint density at radius 1 is 1.35 bits per heavy atom. The van der Waals surface area contributed by atoms with Crippen molar-refractivity contribution in [3.05, 3.63) is 34.5 Å². The van der Waals surface area contributed by atoms with Crippen molar-refractivity contribution in [2.45, 2.75) is 19.9 Å². The number of anilines is 1. The van der Waals surface area contributed by atoms with E-state index in [0.29, 0.717) is 35.0 Å². The predicted octanol–water partition coefficient (Wildman–Crippen LogP) is 4.16. The number of thiazole rings is 1. The number of nitrogens with one attached hydrogen (secondary N) is 1. The number of hydrogen-bond acceptors (Lipinski definition) is 5. The standard InChI is InChI=1S/C17H14FN3O3S2/c1-8(22)19-15-14(10-4-5-21(17(23)24)7-13(10)26-15)16-20-11-6-9(18)2-3-12(11)25-16/h2-3,6H,4-5,7H2,1H3,(H,19,22)(H,23,24). The Morgan fingerprint density at radius 2 is 2.15 bits per heavy atom. The number of nitrogens with zero attached hydrogens (tertiary/aromatic N) is 2. The van der Waals surface area contributed by atoms with Crippen molar-refractivity contribution in [1.29, 1.82) is 0 Å². The lowest BCUT2D eigenvalue weighted by Crippen LogP contribution is -2.34. The van der Waals surface area contributed by atoms with Crippen LogP contribution in [-0.4, -0.2) is 33.5 Å². The summed E-state index contributed by atoms with van der Waals surface area (Å²) in [6.07, 6.45) is -0.403. The van der Waals surface area contributed by atoms with Crippen LogP contribution in [0.4, 0.5) is 14.2 Å². The van der Waals surface area contributed by atoms with Crippen LogP contribution in [0.5, 0.6) is 0 Å². The van der Waals surface area contributed by atoms with E-state index in [1.807, 2.05) is 0 Å². The number of halogens is 1. The third kappa shape index (κ3) is 2.93. The van der Waals surface area contributed by atoms with Gasteiger partial charge in [-0.1, -0.05) is 0 Å². The third-order valence-electron chi connectivity index (χ3n) is 4.18. The number of amides is 2. The van der Waals surface area contributed by atoms with Crippen LogP contribution in [0.15, 0.2) is 18.2 Å². The topological polar surface area (TPSA) is 82.5 Å². The molecule has 0 fully saturated rings. The van der Waals surface area contributed by atoms with E-state index in [-0.39, 0.29) is 11.7 Å². The van der Waals surface area contributed by atoms with Gasteiger partial charge in [0.1, 0.15) is 15.8 Å². The molecule has 0 aliphatic carbocycles. The molecule has 2 amide bonds. The fraction of sp³-hybridized carbons (Fsp3) is 0.235. The summed E-state index contributed by atoms with van der Waals surface area (Å²) in [5, 5.41) is 13.4. The van der Waals surface area contributed by atoms with Crippen molar-refractivity contribution >= 4 is 49.9 Å². The molecule has 26 heavy (non-hydrogen) atoms. The van der Waals surface area contributed by atoms with E-state index in [1.165, 1.54) is 46.6 Å². The molecule has 0 atom stereocenters. The van der Waals surface area contributed by atoms with Crippen molar-refractivity contribution in [3.63, 3.8) is 0 Å². The van der Waals surface area contributed by atoms with E-state index in [0.717, 1.165) is 20.7 Å². The van der Waals surface area contributed by atoms with Crippen molar-refractivity contribution < 1.29 is 19.1 Å². The van der Waals surface area contributed by atoms with Crippen LogP contribution in [-0.2, 0) is 17.8 Å². The molecule has 6 nitrogen and oxygen atoms in total. The van der Waals surface area contributed by atoms with Crippen molar-refractivity contribution in [2.75, 3.05) is 11.9 Å². The first-order valence-corrected chi connectivity index (χ1v) is 9.52. The number of hydrogen-bond donors (Lipinski definition) is 2. The summed E-state index contributed by atoms with van der Waals surface area (Å²) in [5.41, 5.74) is 2.41. The second kappa shape index (κ2) is 6.33. The molecule has 3 aromatic rings. The molecule has 1 aromatic carbocycles. The van der Waals surface area contributed by atoms with Gasteiger partial charge in [-0.05, 0) is 24.1 Å². The third-order valence-corrected chi connectivity index (χ3v) is 6.37. The second-order valence-corrected chi connectivity index (χ2v) is 8.11. The minimum atomic E-state index is -0.956. The minimum absolute atomic E-state index is 0.202. The highest BCUT2D eigenvalue weighted by molar-refractivity contribution is 7.22. The van der Waals surface area contributed by atoms with Gasteiger partial charge in [0, 0.05) is 30.0 Å². The van der Waals surface area contributed by atoms with Gasteiger partial charge < -0.3 is 15.3 Å². The number of carbonyl (C=O) groups is 2. The van der Waals surface area contributed by atoms with Crippen molar-refractivity contribution in [1.82, 2.24) is 9.88 Å². The van der Waals surface area contributed by atoms with Gasteiger partial charge in [-0.25, -0.2) is 14.2 Å². The molecule has 0 saturated heterocycles. The molecule has 1 aliphatic rings. The van der Waals surface area contributed by atoms with Crippen LogP contribution >= 0.6 is 22.7 Å². The zero-order valence-electron chi connectivity index (χ0n) is 13.7. The number of fused-ring (bicyclic) bond motifs is 2. The fourth-order valence-electron chi connectivity index (χ4n) is 3.05. The molecule has 0 bridgehead atoms. The highest BCUT2D eigenvalue weighted by atomic mass is 32.1. The normalized spacial score (nSPS) is 13.7. The number of carboxylic acid groups (broad SMARTS) is 1. The largest absolute Gasteiger partial charge is 0.465 e. The molecule has 0 unspecified atom stereocenters. The summed E-state index contributed by atoms with van der Waals surface area (Å²) in [5.74, 6) is -0.548. The summed E-state index contributed by atoms with van der Waals surface area (Å²) in [4.78, 5) is 29.7. The van der Waals surface area contributed by atoms with Gasteiger partial charge in [-0.15, -0.1) is 22.7 Å². The molecule has 0 radical (unpaired) electrons. The highest BCUT2D eigenvalue weighted by Gasteiger charge is 2.29. The first-order chi connectivity index (χ1) is 12.4. The summed E-state index contributed by atoms with van der Waals surface area (Å²) in [6, 6.07) is 4.47. The number of thiophene rings is 1. The molecule has 0 spiro atoms. The van der Waals surface area contributed by atoms with Crippen LogP contribution in [0, 0.1) is 5.82 Å². The lowest BCUT2D eigenvalue weighted by atomic mass is 10.0. The summed E-state index contributed by atoms with van der Waals surface area (Å²) in [6.45, 7) is 2.12. The zero-order valence-corrected chi connectivity index (χ0v) is 15.3. The summed E-state index contributed by atoms with van der Waals surface area (Å²) < 4.78 is 14.3. The van der Waals surface area contributed by atoms with Crippen LogP contribution in [0.25, 0.3) is 20.8 Å². The van der Waals surface area contributed by atoms with E-state index >= 15 is 0 Å². The van der Waals surface area contributed by atoms with Crippen LogP contribution in [0.2, 0.25) is 0 Å². The van der Waals surface area contributed by atoms with Crippen LogP contribution < -0.4 is 5.32 Å². The molecular weight excluding hydrogens is 377 g/mol. The Hall–Kier alpha value is -2.52. The monoisotopic (exact) mass is 391 g/mol. The molecule has 2 N–H and O–H groups in total. The van der Waals surface area contributed by atoms with Crippen LogP contribution in [0.3, 0.4) is 0 Å². The van der Waals surface area contributed by atoms with Gasteiger partial charge in [0.15, 0.2) is 0 Å². The maximum absolute atomic E-state index is 13.5. The molecule has 9 heteroatoms. The van der Waals surface area contributed by atoms with Gasteiger partial charge >= 0.3 is 6.09 Å². The summed E-state index contributed by atoms with van der Waals surface area (Å²) in [7, 11) is 0. The number of rotatable bonds is 2. The maximum Gasteiger partial charge on any atom is 0.407 e. The van der Waals surface area contributed by atoms with Gasteiger partial charge in [0.25, 0.3) is 0 Å². The Labute approximate surface area is 155 Å². The lowest BCUT2D eigenvalue weighted by Gasteiger charge is -2.24. The van der Waals surface area contributed by atoms with E-state index < -0.39 is 6.09 Å². The lowest BCUT2D eigenvalue weighted by molar-refractivity contribution is -0.114. The Balaban J connectivity index is 1.85. The highest BCUT2D eigenvalue weighted by Crippen LogP contribution is 2.45. The van der Waals surface area contributed by atoms with E-state index in [4.69, 9.17) is 0 Å². The molecule has 134 valence electrons. The van der Waals surface area contributed by atoms with Crippen molar-refractivity contribution in [2.24, 2.45) is 0 Å². The Bertz CT molecular complexity index is 1040. The van der Waals surface area contributed by atoms with E-state index in [2.05, 4.69) is 10.3 Å². The average molecular weight is 391 g/mol. The summed E-state index contributed by atoms with van der Waals surface area (Å²) >= 11 is 2.81. The first-order valence-electron chi connectivity index (χ1n) is 7.89. The van der Waals surface area contributed by atoms with Gasteiger partial charge in [0.2, 0.25) is 5.91 Å². The fourth-order valence-corrected chi connectivity index (χ4v) is 5.45. The SMILES string of the molecule is CC(=O)Nc1sc2c(c1-c1nc3cc(F)ccc3s1)CCN(C(=O)O)C2. The molecule has 0 saturated carbocycles. The smallest absolute Gasteiger partial charge is 0.407 e. The Morgan fingerprint density at radius 3 is 2.88 bits per heavy atom.